The Labute approximate surface area is 161 Å². The van der Waals surface area contributed by atoms with E-state index in [1.165, 1.54) is 24.5 Å². The molecule has 0 aliphatic rings. The van der Waals surface area contributed by atoms with Gasteiger partial charge < -0.3 is 20.3 Å². The van der Waals surface area contributed by atoms with E-state index in [0.717, 1.165) is 6.07 Å². The van der Waals surface area contributed by atoms with Crippen molar-refractivity contribution >= 4 is 23.4 Å². The fourth-order valence-electron chi connectivity index (χ4n) is 2.82. The Bertz CT molecular complexity index is 861. The summed E-state index contributed by atoms with van der Waals surface area (Å²) in [4.78, 5) is 32.2. The van der Waals surface area contributed by atoms with Crippen LogP contribution >= 0.6 is 0 Å². The molecule has 3 N–H and O–H groups in total. The standard InChI is InChI=1S/C19H22FN3O5/c1-3-19(8-7-17(25)26,18(27)28-4-2)15-10-21-11-16(23-15)22-12-5-6-14(24)13(20)9-12/h5-6,9-11,24H,3-4,7-8H2,1-2H3,(H,22,23)(H,25,26). The minimum Gasteiger partial charge on any atom is -0.505 e. The summed E-state index contributed by atoms with van der Waals surface area (Å²) in [5.74, 6) is -2.65. The number of benzene rings is 1. The number of carbonyl (C=O) groups excluding carboxylic acids is 1. The summed E-state index contributed by atoms with van der Waals surface area (Å²) in [6, 6.07) is 3.74. The van der Waals surface area contributed by atoms with Gasteiger partial charge in [-0.2, -0.15) is 0 Å². The molecule has 0 saturated carbocycles. The number of ether oxygens (including phenoxy) is 1. The molecule has 0 fully saturated rings. The third kappa shape index (κ3) is 4.73. The second-order valence-corrected chi connectivity index (χ2v) is 6.13. The number of nitrogens with one attached hydrogen (secondary N) is 1. The number of carboxylic acids is 1. The predicted molar refractivity (Wildman–Crippen MR) is 98.9 cm³/mol. The second-order valence-electron chi connectivity index (χ2n) is 6.13. The van der Waals surface area contributed by atoms with Crippen molar-refractivity contribution in [3.63, 3.8) is 0 Å². The van der Waals surface area contributed by atoms with Crippen LogP contribution in [0.25, 0.3) is 0 Å². The van der Waals surface area contributed by atoms with E-state index >= 15 is 0 Å². The van der Waals surface area contributed by atoms with Gasteiger partial charge in [-0.3, -0.25) is 14.6 Å². The number of hydrogen-bond acceptors (Lipinski definition) is 7. The van der Waals surface area contributed by atoms with Crippen LogP contribution in [0, 0.1) is 5.82 Å². The summed E-state index contributed by atoms with van der Waals surface area (Å²) in [5, 5.41) is 21.2. The van der Waals surface area contributed by atoms with Gasteiger partial charge in [0.1, 0.15) is 11.2 Å². The number of carbonyl (C=O) groups is 2. The lowest BCUT2D eigenvalue weighted by molar-refractivity contribution is -0.151. The monoisotopic (exact) mass is 391 g/mol. The molecule has 0 amide bonds. The van der Waals surface area contributed by atoms with Gasteiger partial charge in [-0.25, -0.2) is 9.37 Å². The highest BCUT2D eigenvalue weighted by molar-refractivity contribution is 5.83. The summed E-state index contributed by atoms with van der Waals surface area (Å²) < 4.78 is 18.7. The molecule has 2 aromatic rings. The first-order chi connectivity index (χ1) is 13.3. The fourth-order valence-corrected chi connectivity index (χ4v) is 2.82. The molecule has 0 aliphatic carbocycles. The Morgan fingerprint density at radius 3 is 2.64 bits per heavy atom. The van der Waals surface area contributed by atoms with E-state index in [2.05, 4.69) is 15.3 Å². The first-order valence-electron chi connectivity index (χ1n) is 8.79. The van der Waals surface area contributed by atoms with Gasteiger partial charge in [0, 0.05) is 24.4 Å². The molecular weight excluding hydrogens is 369 g/mol. The molecule has 1 unspecified atom stereocenters. The highest BCUT2D eigenvalue weighted by Crippen LogP contribution is 2.34. The smallest absolute Gasteiger partial charge is 0.318 e. The Morgan fingerprint density at radius 2 is 2.04 bits per heavy atom. The normalized spacial score (nSPS) is 12.8. The molecule has 1 heterocycles. The van der Waals surface area contributed by atoms with Crippen LogP contribution in [0.15, 0.2) is 30.6 Å². The molecule has 0 aliphatic heterocycles. The van der Waals surface area contributed by atoms with Gasteiger partial charge in [-0.1, -0.05) is 6.92 Å². The molecule has 0 spiro atoms. The first-order valence-corrected chi connectivity index (χ1v) is 8.79. The number of phenols is 1. The largest absolute Gasteiger partial charge is 0.505 e. The number of aliphatic carboxylic acids is 1. The van der Waals surface area contributed by atoms with Gasteiger partial charge in [0.25, 0.3) is 0 Å². The van der Waals surface area contributed by atoms with Crippen LogP contribution in [0.5, 0.6) is 5.75 Å². The van der Waals surface area contributed by atoms with E-state index < -0.39 is 28.9 Å². The molecule has 1 aromatic carbocycles. The van der Waals surface area contributed by atoms with Crippen LogP contribution in [-0.2, 0) is 19.7 Å². The SMILES string of the molecule is CCOC(=O)C(CC)(CCC(=O)O)c1cncc(Nc2ccc(O)c(F)c2)n1. The molecular formula is C19H22FN3O5. The topological polar surface area (TPSA) is 122 Å². The van der Waals surface area contributed by atoms with Gasteiger partial charge in [-0.05, 0) is 31.9 Å². The van der Waals surface area contributed by atoms with E-state index in [0.29, 0.717) is 5.69 Å². The van der Waals surface area contributed by atoms with Crippen LogP contribution in [0.1, 0.15) is 38.8 Å². The Balaban J connectivity index is 2.40. The van der Waals surface area contributed by atoms with Gasteiger partial charge in [0.2, 0.25) is 0 Å². The van der Waals surface area contributed by atoms with E-state index in [-0.39, 0.29) is 37.4 Å². The Kier molecular flexibility index (Phi) is 6.86. The van der Waals surface area contributed by atoms with Crippen LogP contribution in [0.3, 0.4) is 0 Å². The maximum Gasteiger partial charge on any atom is 0.318 e. The third-order valence-corrected chi connectivity index (χ3v) is 4.38. The number of carboxylic acid groups (broad SMARTS) is 1. The molecule has 0 saturated heterocycles. The maximum atomic E-state index is 13.5. The Hall–Kier alpha value is -3.23. The second kappa shape index (κ2) is 9.12. The molecule has 0 radical (unpaired) electrons. The third-order valence-electron chi connectivity index (χ3n) is 4.38. The molecule has 150 valence electrons. The number of nitrogens with zero attached hydrogens (tertiary/aromatic N) is 2. The number of hydrogen-bond donors (Lipinski definition) is 3. The first kappa shape index (κ1) is 21.1. The summed E-state index contributed by atoms with van der Waals surface area (Å²) in [7, 11) is 0. The van der Waals surface area contributed by atoms with E-state index in [4.69, 9.17) is 9.84 Å². The number of anilines is 2. The lowest BCUT2D eigenvalue weighted by Crippen LogP contribution is -2.38. The van der Waals surface area contributed by atoms with Crippen molar-refractivity contribution in [1.29, 1.82) is 0 Å². The zero-order valence-corrected chi connectivity index (χ0v) is 15.6. The van der Waals surface area contributed by atoms with E-state index in [1.54, 1.807) is 13.8 Å². The Morgan fingerprint density at radius 1 is 1.29 bits per heavy atom. The average molecular weight is 391 g/mol. The average Bonchev–Trinajstić information content (AvgIpc) is 2.66. The van der Waals surface area contributed by atoms with Crippen molar-refractivity contribution in [3.05, 3.63) is 42.1 Å². The van der Waals surface area contributed by atoms with Gasteiger partial charge in [0.05, 0.1) is 18.5 Å². The number of aromatic hydroxyl groups is 1. The van der Waals surface area contributed by atoms with Crippen molar-refractivity contribution in [2.24, 2.45) is 0 Å². The predicted octanol–water partition coefficient (Wildman–Crippen LogP) is 3.14. The van der Waals surface area contributed by atoms with E-state index in [9.17, 15) is 19.1 Å². The van der Waals surface area contributed by atoms with Crippen molar-refractivity contribution in [2.45, 2.75) is 38.5 Å². The maximum absolute atomic E-state index is 13.5. The highest BCUT2D eigenvalue weighted by atomic mass is 19.1. The summed E-state index contributed by atoms with van der Waals surface area (Å²) in [6.07, 6.45) is 2.81. The van der Waals surface area contributed by atoms with Crippen LogP contribution in [0.4, 0.5) is 15.9 Å². The van der Waals surface area contributed by atoms with Crippen LogP contribution < -0.4 is 5.32 Å². The number of aromatic nitrogens is 2. The van der Waals surface area contributed by atoms with Gasteiger partial charge in [0.15, 0.2) is 11.6 Å². The van der Waals surface area contributed by atoms with Crippen molar-refractivity contribution < 1.29 is 28.9 Å². The number of halogens is 1. The summed E-state index contributed by atoms with van der Waals surface area (Å²) in [5.41, 5.74) is -0.677. The van der Waals surface area contributed by atoms with Gasteiger partial charge >= 0.3 is 11.9 Å². The molecule has 8 nitrogen and oxygen atoms in total. The molecule has 0 bridgehead atoms. The molecule has 9 heteroatoms. The zero-order valence-electron chi connectivity index (χ0n) is 15.6. The number of phenolic OH excluding ortho intramolecular Hbond substituents is 1. The summed E-state index contributed by atoms with van der Waals surface area (Å²) in [6.45, 7) is 3.56. The number of rotatable bonds is 9. The van der Waals surface area contributed by atoms with Crippen molar-refractivity contribution in [3.8, 4) is 5.75 Å². The molecule has 1 aromatic heterocycles. The zero-order chi connectivity index (χ0) is 20.7. The van der Waals surface area contributed by atoms with E-state index in [1.807, 2.05) is 0 Å². The lowest BCUT2D eigenvalue weighted by Gasteiger charge is -2.29. The van der Waals surface area contributed by atoms with Crippen LogP contribution in [-0.4, -0.2) is 38.7 Å². The quantitative estimate of drug-likeness (QED) is 0.440. The fraction of sp³-hybridized carbons (Fsp3) is 0.368. The molecule has 28 heavy (non-hydrogen) atoms. The van der Waals surface area contributed by atoms with Crippen LogP contribution in [0.2, 0.25) is 0 Å². The minimum atomic E-state index is -1.26. The highest BCUT2D eigenvalue weighted by Gasteiger charge is 2.42. The molecule has 2 rings (SSSR count). The minimum absolute atomic E-state index is 0.00361. The molecule has 1 atom stereocenters. The lowest BCUT2D eigenvalue weighted by atomic mass is 9.77. The summed E-state index contributed by atoms with van der Waals surface area (Å²) >= 11 is 0. The number of esters is 1. The van der Waals surface area contributed by atoms with Gasteiger partial charge in [-0.15, -0.1) is 0 Å². The van der Waals surface area contributed by atoms with Crippen molar-refractivity contribution in [2.75, 3.05) is 11.9 Å². The van der Waals surface area contributed by atoms with Crippen molar-refractivity contribution in [1.82, 2.24) is 9.97 Å².